The Morgan fingerprint density at radius 1 is 1.88 bits per heavy atom. The van der Waals surface area contributed by atoms with Crippen LogP contribution in [0.3, 0.4) is 0 Å². The van der Waals surface area contributed by atoms with Gasteiger partial charge < -0.3 is 5.11 Å². The van der Waals surface area contributed by atoms with Crippen LogP contribution in [0.5, 0.6) is 0 Å². The van der Waals surface area contributed by atoms with Crippen molar-refractivity contribution < 1.29 is 14.7 Å². The number of nitrogens with zero attached hydrogens (tertiary/aromatic N) is 2. The van der Waals surface area contributed by atoms with Crippen LogP contribution in [-0.2, 0) is 4.79 Å². The smallest absolute Gasteiger partial charge is 0.443 e. The van der Waals surface area contributed by atoms with Gasteiger partial charge in [-0.25, -0.2) is 15.4 Å². The summed E-state index contributed by atoms with van der Waals surface area (Å²) in [7, 11) is 0. The second-order valence-electron chi connectivity index (χ2n) is 0.818. The standard InChI is InChI=1S/C2H3N3O3/c3-5(2(7)8)4-1-6/h3H2,(H,7,8). The molecule has 0 aromatic carbocycles. The number of hydrogen-bond donors (Lipinski definition) is 2. The van der Waals surface area contributed by atoms with E-state index in [4.69, 9.17) is 5.11 Å². The predicted molar refractivity (Wildman–Crippen MR) is 22.2 cm³/mol. The Bertz CT molecular complexity index is 135. The van der Waals surface area contributed by atoms with E-state index in [-0.39, 0.29) is 5.12 Å². The van der Waals surface area contributed by atoms with Crippen LogP contribution in [0.2, 0.25) is 0 Å². The molecule has 0 bridgehead atoms. The lowest BCUT2D eigenvalue weighted by atomic mass is 11.2. The zero-order valence-electron chi connectivity index (χ0n) is 3.74. The number of carbonyl (C=O) groups is 1. The van der Waals surface area contributed by atoms with Crippen LogP contribution in [0.1, 0.15) is 0 Å². The van der Waals surface area contributed by atoms with Gasteiger partial charge in [0.05, 0.1) is 0 Å². The predicted octanol–water partition coefficient (Wildman–Crippen LogP) is -0.909. The van der Waals surface area contributed by atoms with E-state index >= 15 is 0 Å². The van der Waals surface area contributed by atoms with Crippen LogP contribution >= 0.6 is 0 Å². The van der Waals surface area contributed by atoms with E-state index < -0.39 is 6.09 Å². The van der Waals surface area contributed by atoms with E-state index in [2.05, 4.69) is 10.9 Å². The molecule has 6 heteroatoms. The van der Waals surface area contributed by atoms with Crippen LogP contribution in [0.4, 0.5) is 4.79 Å². The van der Waals surface area contributed by atoms with E-state index in [0.717, 1.165) is 6.08 Å². The quantitative estimate of drug-likeness (QED) is 0.153. The summed E-state index contributed by atoms with van der Waals surface area (Å²) < 4.78 is 0. The van der Waals surface area contributed by atoms with Gasteiger partial charge in [-0.15, -0.1) is 5.12 Å². The minimum atomic E-state index is -1.51. The molecule has 0 heterocycles. The summed E-state index contributed by atoms with van der Waals surface area (Å²) in [6.07, 6.45) is -0.562. The third kappa shape index (κ3) is 1.91. The molecule has 0 aromatic heterocycles. The average molecular weight is 117 g/mol. The number of hydrazone groups is 1. The minimum Gasteiger partial charge on any atom is -0.463 e. The second-order valence-corrected chi connectivity index (χ2v) is 0.818. The lowest BCUT2D eigenvalue weighted by Gasteiger charge is -1.97. The zero-order valence-corrected chi connectivity index (χ0v) is 3.74. The monoisotopic (exact) mass is 117 g/mol. The van der Waals surface area contributed by atoms with Crippen molar-refractivity contribution in [3.63, 3.8) is 0 Å². The van der Waals surface area contributed by atoms with E-state index in [9.17, 15) is 9.59 Å². The number of carbonyl (C=O) groups excluding carboxylic acids is 1. The maximum Gasteiger partial charge on any atom is 0.443 e. The molecule has 8 heavy (non-hydrogen) atoms. The Hall–Kier alpha value is -1.39. The lowest BCUT2D eigenvalue weighted by molar-refractivity contribution is 0.147. The van der Waals surface area contributed by atoms with Crippen LogP contribution in [0, 0.1) is 0 Å². The molecule has 0 atom stereocenters. The van der Waals surface area contributed by atoms with Crippen molar-refractivity contribution in [2.24, 2.45) is 10.9 Å². The summed E-state index contributed by atoms with van der Waals surface area (Å²) in [5, 5.41) is 10.3. The molecule has 0 aliphatic heterocycles. The first-order valence-corrected chi connectivity index (χ1v) is 1.54. The Morgan fingerprint density at radius 2 is 2.38 bits per heavy atom. The first-order valence-electron chi connectivity index (χ1n) is 1.54. The fourth-order valence-corrected chi connectivity index (χ4v) is 0.0868. The second kappa shape index (κ2) is 2.73. The fourth-order valence-electron chi connectivity index (χ4n) is 0.0868. The normalized spacial score (nSPS) is 7.12. The molecule has 0 saturated heterocycles. The molecule has 0 rings (SSSR count). The topological polar surface area (TPSA) is 96.0 Å². The van der Waals surface area contributed by atoms with Gasteiger partial charge >= 0.3 is 6.09 Å². The first kappa shape index (κ1) is 6.61. The Kier molecular flexibility index (Phi) is 2.25. The van der Waals surface area contributed by atoms with Gasteiger partial charge in [-0.1, -0.05) is 5.10 Å². The highest BCUT2D eigenvalue weighted by Gasteiger charge is 2.00. The molecule has 0 saturated carbocycles. The Labute approximate surface area is 44.2 Å². The van der Waals surface area contributed by atoms with Crippen LogP contribution < -0.4 is 5.84 Å². The van der Waals surface area contributed by atoms with Gasteiger partial charge in [-0.2, -0.15) is 0 Å². The van der Waals surface area contributed by atoms with Crippen molar-refractivity contribution in [3.8, 4) is 0 Å². The molecular formula is C2H3N3O3. The highest BCUT2D eigenvalue weighted by molar-refractivity contribution is 5.64. The highest BCUT2D eigenvalue weighted by atomic mass is 16.4. The summed E-state index contributed by atoms with van der Waals surface area (Å²) in [6, 6.07) is 0. The maximum atomic E-state index is 9.62. The van der Waals surface area contributed by atoms with Gasteiger partial charge in [0.15, 0.2) is 0 Å². The third-order valence-corrected chi connectivity index (χ3v) is 0.345. The van der Waals surface area contributed by atoms with Gasteiger partial charge in [0, 0.05) is 0 Å². The number of amides is 1. The third-order valence-electron chi connectivity index (χ3n) is 0.345. The number of hydrogen-bond acceptors (Lipinski definition) is 4. The van der Waals surface area contributed by atoms with Gasteiger partial charge in [-0.3, -0.25) is 0 Å². The molecule has 0 aliphatic carbocycles. The molecule has 0 aliphatic rings. The van der Waals surface area contributed by atoms with E-state index in [1.54, 1.807) is 0 Å². The van der Waals surface area contributed by atoms with Crippen molar-refractivity contribution in [2.45, 2.75) is 0 Å². The molecule has 0 radical (unpaired) electrons. The van der Waals surface area contributed by atoms with E-state index in [0.29, 0.717) is 0 Å². The first-order chi connectivity index (χ1) is 3.68. The van der Waals surface area contributed by atoms with Crippen molar-refractivity contribution in [2.75, 3.05) is 0 Å². The van der Waals surface area contributed by atoms with Gasteiger partial charge in [0.1, 0.15) is 0 Å². The van der Waals surface area contributed by atoms with Crippen molar-refractivity contribution in [3.05, 3.63) is 0 Å². The molecule has 6 nitrogen and oxygen atoms in total. The molecule has 44 valence electrons. The number of nitrogens with two attached hydrogens (primary N) is 1. The van der Waals surface area contributed by atoms with Crippen LogP contribution in [0.25, 0.3) is 0 Å². The largest absolute Gasteiger partial charge is 0.463 e. The summed E-state index contributed by atoms with van der Waals surface area (Å²) in [6.45, 7) is 0. The Morgan fingerprint density at radius 3 is 2.50 bits per heavy atom. The van der Waals surface area contributed by atoms with Gasteiger partial charge in [-0.05, 0) is 0 Å². The maximum absolute atomic E-state index is 9.62. The van der Waals surface area contributed by atoms with Crippen LogP contribution in [0.15, 0.2) is 5.10 Å². The summed E-state index contributed by atoms with van der Waals surface area (Å²) in [5.74, 6) is 4.53. The lowest BCUT2D eigenvalue weighted by Crippen LogP contribution is -2.30. The Balaban J connectivity index is 3.82. The minimum absolute atomic E-state index is 0.0347. The number of carboxylic acid groups (broad SMARTS) is 1. The van der Waals surface area contributed by atoms with Crippen molar-refractivity contribution in [1.82, 2.24) is 5.12 Å². The van der Waals surface area contributed by atoms with Crippen molar-refractivity contribution in [1.29, 1.82) is 0 Å². The summed E-state index contributed by atoms with van der Waals surface area (Å²) in [5.41, 5.74) is 0. The number of rotatable bonds is 1. The molecule has 1 amide bonds. The average Bonchev–Trinajstić information content (AvgIpc) is 1.67. The molecule has 3 N–H and O–H groups in total. The van der Waals surface area contributed by atoms with Gasteiger partial charge in [0.2, 0.25) is 0 Å². The molecule has 0 fully saturated rings. The number of hydrazine groups is 1. The zero-order chi connectivity index (χ0) is 6.57. The molecule has 0 aromatic rings. The highest BCUT2D eigenvalue weighted by Crippen LogP contribution is 1.74. The molecule has 0 unspecified atom stereocenters. The van der Waals surface area contributed by atoms with Crippen LogP contribution in [-0.4, -0.2) is 22.4 Å². The summed E-state index contributed by atoms with van der Waals surface area (Å²) in [4.78, 5) is 18.9. The number of isocyanates is 1. The van der Waals surface area contributed by atoms with E-state index in [1.807, 2.05) is 0 Å². The van der Waals surface area contributed by atoms with Gasteiger partial charge in [0.25, 0.3) is 6.08 Å². The molecular weight excluding hydrogens is 114 g/mol. The van der Waals surface area contributed by atoms with E-state index in [1.165, 1.54) is 0 Å². The summed E-state index contributed by atoms with van der Waals surface area (Å²) >= 11 is 0. The molecule has 0 spiro atoms. The fraction of sp³-hybridized carbons (Fsp3) is 0. The van der Waals surface area contributed by atoms with Crippen molar-refractivity contribution >= 4 is 12.2 Å². The SMILES string of the molecule is NN(N=C=O)C(=O)O.